The van der Waals surface area contributed by atoms with Crippen molar-refractivity contribution >= 4 is 17.5 Å². The maximum Gasteiger partial charge on any atom is 0.135 e. The van der Waals surface area contributed by atoms with Crippen molar-refractivity contribution in [2.75, 3.05) is 11.5 Å². The Morgan fingerprint density at radius 1 is 1.36 bits per heavy atom. The summed E-state index contributed by atoms with van der Waals surface area (Å²) >= 11 is 2.10. The van der Waals surface area contributed by atoms with Crippen molar-refractivity contribution in [2.45, 2.75) is 47.0 Å². The van der Waals surface area contributed by atoms with Crippen LogP contribution in [-0.4, -0.2) is 17.3 Å². The van der Waals surface area contributed by atoms with Crippen LogP contribution in [0.4, 0.5) is 0 Å². The predicted octanol–water partition coefficient (Wildman–Crippen LogP) is 3.77. The summed E-state index contributed by atoms with van der Waals surface area (Å²) in [7, 11) is 0. The van der Waals surface area contributed by atoms with E-state index in [-0.39, 0.29) is 5.92 Å². The summed E-state index contributed by atoms with van der Waals surface area (Å²) in [6.07, 6.45) is 3.58. The first-order valence-corrected chi connectivity index (χ1v) is 6.83. The molecule has 0 saturated carbocycles. The molecule has 2 heteroatoms. The Kier molecular flexibility index (Phi) is 8.35. The van der Waals surface area contributed by atoms with Gasteiger partial charge in [0.2, 0.25) is 0 Å². The topological polar surface area (TPSA) is 17.1 Å². The van der Waals surface area contributed by atoms with Crippen molar-refractivity contribution in [3.05, 3.63) is 0 Å². The highest BCUT2D eigenvalue weighted by atomic mass is 32.2. The first-order valence-electron chi connectivity index (χ1n) is 5.68. The second-order valence-electron chi connectivity index (χ2n) is 4.27. The molecule has 0 spiro atoms. The third kappa shape index (κ3) is 7.43. The average Bonchev–Trinajstić information content (AvgIpc) is 2.18. The molecule has 0 radical (unpaired) electrons. The highest BCUT2D eigenvalue weighted by Gasteiger charge is 2.06. The van der Waals surface area contributed by atoms with E-state index in [1.165, 1.54) is 24.3 Å². The van der Waals surface area contributed by atoms with Crippen LogP contribution in [0, 0.1) is 11.8 Å². The van der Waals surface area contributed by atoms with Gasteiger partial charge in [0.25, 0.3) is 0 Å². The van der Waals surface area contributed by atoms with Gasteiger partial charge < -0.3 is 0 Å². The van der Waals surface area contributed by atoms with E-state index < -0.39 is 0 Å². The van der Waals surface area contributed by atoms with Gasteiger partial charge in [-0.05, 0) is 30.3 Å². The molecule has 1 rings (SSSR count). The lowest BCUT2D eigenvalue weighted by atomic mass is 10.1. The van der Waals surface area contributed by atoms with Gasteiger partial charge in [0.05, 0.1) is 0 Å². The van der Waals surface area contributed by atoms with Crippen molar-refractivity contribution in [1.29, 1.82) is 0 Å². The molecule has 14 heavy (non-hydrogen) atoms. The number of thioether (sulfide) groups is 1. The summed E-state index contributed by atoms with van der Waals surface area (Å²) in [6.45, 7) is 8.08. The minimum absolute atomic E-state index is 0.227. The van der Waals surface area contributed by atoms with Gasteiger partial charge in [-0.3, -0.25) is 4.79 Å². The Morgan fingerprint density at radius 2 is 1.86 bits per heavy atom. The lowest BCUT2D eigenvalue weighted by molar-refractivity contribution is -0.121. The van der Waals surface area contributed by atoms with Crippen LogP contribution in [-0.2, 0) is 4.79 Å². The molecule has 0 N–H and O–H groups in total. The van der Waals surface area contributed by atoms with Crippen LogP contribution in [0.15, 0.2) is 0 Å². The molecule has 0 aromatic rings. The Hall–Kier alpha value is 0.0200. The summed E-state index contributed by atoms with van der Waals surface area (Å²) < 4.78 is 0. The van der Waals surface area contributed by atoms with Gasteiger partial charge in [0, 0.05) is 12.3 Å². The number of hydrogen-bond donors (Lipinski definition) is 0. The van der Waals surface area contributed by atoms with Gasteiger partial charge in [-0.2, -0.15) is 11.8 Å². The molecule has 1 aliphatic rings. The van der Waals surface area contributed by atoms with Crippen LogP contribution >= 0.6 is 11.8 Å². The number of ketones is 1. The van der Waals surface area contributed by atoms with Gasteiger partial charge in [0.1, 0.15) is 5.78 Å². The standard InChI is InChI=1S/C6H12O.C6H12S/c1-4-6(7)5(2)3;1-6-2-4-7-5-3-6/h5H,4H2,1-3H3;6H,2-5H2,1H3. The third-order valence-corrected chi connectivity index (χ3v) is 3.55. The molecular formula is C12H24OS. The number of carbonyl (C=O) groups is 1. The molecule has 0 aromatic carbocycles. The molecule has 0 aliphatic carbocycles. The molecule has 1 nitrogen and oxygen atoms in total. The minimum Gasteiger partial charge on any atom is -0.299 e. The van der Waals surface area contributed by atoms with E-state index >= 15 is 0 Å². The molecule has 1 fully saturated rings. The van der Waals surface area contributed by atoms with E-state index in [1.54, 1.807) is 0 Å². The van der Waals surface area contributed by atoms with E-state index in [0.29, 0.717) is 12.2 Å². The van der Waals surface area contributed by atoms with Crippen LogP contribution < -0.4 is 0 Å². The third-order valence-electron chi connectivity index (χ3n) is 2.50. The lowest BCUT2D eigenvalue weighted by Crippen LogP contribution is -2.04. The normalized spacial score (nSPS) is 17.5. The molecular weight excluding hydrogens is 192 g/mol. The smallest absolute Gasteiger partial charge is 0.135 e. The average molecular weight is 216 g/mol. The fourth-order valence-electron chi connectivity index (χ4n) is 1.22. The van der Waals surface area contributed by atoms with Gasteiger partial charge in [-0.25, -0.2) is 0 Å². The fourth-order valence-corrected chi connectivity index (χ4v) is 2.57. The molecule has 0 unspecified atom stereocenters. The van der Waals surface area contributed by atoms with E-state index in [4.69, 9.17) is 0 Å². The van der Waals surface area contributed by atoms with Gasteiger partial charge in [-0.1, -0.05) is 27.7 Å². The van der Waals surface area contributed by atoms with Crippen LogP contribution in [0.1, 0.15) is 47.0 Å². The van der Waals surface area contributed by atoms with Crippen molar-refractivity contribution in [2.24, 2.45) is 11.8 Å². The Labute approximate surface area is 93.0 Å². The van der Waals surface area contributed by atoms with Crippen LogP contribution in [0.25, 0.3) is 0 Å². The number of rotatable bonds is 2. The van der Waals surface area contributed by atoms with Crippen molar-refractivity contribution in [3.63, 3.8) is 0 Å². The molecule has 1 aliphatic heterocycles. The van der Waals surface area contributed by atoms with Crippen LogP contribution in [0.2, 0.25) is 0 Å². The Balaban J connectivity index is 0.000000241. The Bertz CT molecular complexity index is 148. The van der Waals surface area contributed by atoms with Gasteiger partial charge >= 0.3 is 0 Å². The predicted molar refractivity (Wildman–Crippen MR) is 65.9 cm³/mol. The van der Waals surface area contributed by atoms with Gasteiger partial charge in [-0.15, -0.1) is 0 Å². The summed E-state index contributed by atoms with van der Waals surface area (Å²) in [6, 6.07) is 0. The highest BCUT2D eigenvalue weighted by molar-refractivity contribution is 7.99. The van der Waals surface area contributed by atoms with Crippen molar-refractivity contribution in [3.8, 4) is 0 Å². The maximum absolute atomic E-state index is 10.5. The van der Waals surface area contributed by atoms with Crippen LogP contribution in [0.5, 0.6) is 0 Å². The second kappa shape index (κ2) is 8.34. The quantitative estimate of drug-likeness (QED) is 0.699. The van der Waals surface area contributed by atoms with Crippen LogP contribution in [0.3, 0.4) is 0 Å². The zero-order chi connectivity index (χ0) is 11.0. The fraction of sp³-hybridized carbons (Fsp3) is 0.917. The monoisotopic (exact) mass is 216 g/mol. The van der Waals surface area contributed by atoms with Crippen molar-refractivity contribution in [1.82, 2.24) is 0 Å². The van der Waals surface area contributed by atoms with Gasteiger partial charge in [0.15, 0.2) is 0 Å². The second-order valence-corrected chi connectivity index (χ2v) is 5.49. The van der Waals surface area contributed by atoms with Crippen molar-refractivity contribution < 1.29 is 4.79 Å². The molecule has 1 saturated heterocycles. The molecule has 1 heterocycles. The largest absolute Gasteiger partial charge is 0.299 e. The number of Topliss-reactive ketones (excluding diaryl/α,β-unsaturated/α-hetero) is 1. The lowest BCUT2D eigenvalue weighted by Gasteiger charge is -2.15. The summed E-state index contributed by atoms with van der Waals surface area (Å²) in [5.41, 5.74) is 0. The summed E-state index contributed by atoms with van der Waals surface area (Å²) in [5, 5.41) is 0. The van der Waals surface area contributed by atoms with E-state index in [2.05, 4.69) is 18.7 Å². The summed E-state index contributed by atoms with van der Waals surface area (Å²) in [5.74, 6) is 4.40. The molecule has 0 bridgehead atoms. The molecule has 84 valence electrons. The Morgan fingerprint density at radius 3 is 2.00 bits per heavy atom. The molecule has 0 aromatic heterocycles. The first-order chi connectivity index (χ1) is 6.57. The number of hydrogen-bond acceptors (Lipinski definition) is 2. The summed E-state index contributed by atoms with van der Waals surface area (Å²) in [4.78, 5) is 10.5. The maximum atomic E-state index is 10.5. The number of carbonyl (C=O) groups excluding carboxylic acids is 1. The van der Waals surface area contributed by atoms with E-state index in [0.717, 1.165) is 5.92 Å². The molecule has 0 amide bonds. The highest BCUT2D eigenvalue weighted by Crippen LogP contribution is 2.21. The zero-order valence-corrected chi connectivity index (χ0v) is 10.8. The first kappa shape index (κ1) is 14.0. The van der Waals surface area contributed by atoms with E-state index in [9.17, 15) is 4.79 Å². The SMILES string of the molecule is CC1CCSCC1.CCC(=O)C(C)C. The zero-order valence-electron chi connectivity index (χ0n) is 10.0. The van der Waals surface area contributed by atoms with E-state index in [1.807, 2.05) is 20.8 Å². The minimum atomic E-state index is 0.227. The molecule has 0 atom stereocenters.